The third-order valence-corrected chi connectivity index (χ3v) is 4.98. The van der Waals surface area contributed by atoms with E-state index in [9.17, 15) is 4.79 Å². The van der Waals surface area contributed by atoms with Crippen LogP contribution in [0.4, 0.5) is 5.95 Å². The molecular weight excluding hydrogens is 288 g/mol. The van der Waals surface area contributed by atoms with E-state index in [2.05, 4.69) is 9.97 Å². The molecule has 0 saturated carbocycles. The molecule has 0 aliphatic carbocycles. The van der Waals surface area contributed by atoms with Crippen molar-refractivity contribution in [1.82, 2.24) is 14.5 Å². The average Bonchev–Trinajstić information content (AvgIpc) is 2.93. The number of aryl methyl sites for hydroxylation is 1. The molecule has 3 rings (SSSR count). The van der Waals surface area contributed by atoms with Crippen LogP contribution in [0.3, 0.4) is 0 Å². The summed E-state index contributed by atoms with van der Waals surface area (Å²) in [4.78, 5) is 20.1. The second kappa shape index (κ2) is 4.75. The molecule has 0 aromatic carbocycles. The summed E-state index contributed by atoms with van der Waals surface area (Å²) in [5.74, 6) is 0.737. The van der Waals surface area contributed by atoms with Crippen LogP contribution in [0.5, 0.6) is 0 Å². The first-order valence-electron chi connectivity index (χ1n) is 5.63. The minimum Gasteiger partial charge on any atom is -0.393 e. The van der Waals surface area contributed by atoms with E-state index in [4.69, 9.17) is 15.6 Å². The van der Waals surface area contributed by atoms with Crippen molar-refractivity contribution in [3.8, 4) is 0 Å². The first-order chi connectivity index (χ1) is 9.10. The standard InChI is InChI=1S/C10H12N4O3S2/c1-4-7-8(13-9(11)12-4)14(10(16)19-7)5-3-18-6(2-15)17-5/h5-6,15H,2-3H2,1H3,(H2,11,12,13)/t5?,6-/m0/s1. The highest BCUT2D eigenvalue weighted by molar-refractivity contribution is 8.00. The number of hydrogen-bond donors (Lipinski definition) is 2. The lowest BCUT2D eigenvalue weighted by atomic mass is 10.4. The van der Waals surface area contributed by atoms with Gasteiger partial charge in [-0.3, -0.25) is 9.36 Å². The van der Waals surface area contributed by atoms with E-state index in [0.717, 1.165) is 16.0 Å². The van der Waals surface area contributed by atoms with Gasteiger partial charge in [0, 0.05) is 5.75 Å². The fourth-order valence-corrected chi connectivity index (χ4v) is 3.83. The first kappa shape index (κ1) is 12.9. The Kier molecular flexibility index (Phi) is 3.21. The van der Waals surface area contributed by atoms with E-state index < -0.39 is 6.23 Å². The van der Waals surface area contributed by atoms with Gasteiger partial charge >= 0.3 is 4.87 Å². The third-order valence-electron chi connectivity index (χ3n) is 2.82. The zero-order valence-electron chi connectivity index (χ0n) is 10.1. The number of fused-ring (bicyclic) bond motifs is 1. The Morgan fingerprint density at radius 2 is 2.37 bits per heavy atom. The van der Waals surface area contributed by atoms with Gasteiger partial charge < -0.3 is 15.6 Å². The highest BCUT2D eigenvalue weighted by Crippen LogP contribution is 2.33. The van der Waals surface area contributed by atoms with Crippen LogP contribution < -0.4 is 10.6 Å². The molecule has 0 spiro atoms. The molecule has 19 heavy (non-hydrogen) atoms. The summed E-state index contributed by atoms with van der Waals surface area (Å²) < 4.78 is 7.82. The Labute approximate surface area is 116 Å². The number of rotatable bonds is 2. The SMILES string of the molecule is Cc1nc(N)nc2c1sc(=O)n2C1CS[C@@H](CO)O1. The molecule has 0 amide bonds. The third kappa shape index (κ3) is 2.12. The van der Waals surface area contributed by atoms with Crippen LogP contribution in [0.1, 0.15) is 11.9 Å². The zero-order valence-corrected chi connectivity index (χ0v) is 11.7. The molecule has 1 saturated heterocycles. The maximum absolute atomic E-state index is 12.1. The van der Waals surface area contributed by atoms with E-state index >= 15 is 0 Å². The highest BCUT2D eigenvalue weighted by Gasteiger charge is 2.30. The largest absolute Gasteiger partial charge is 0.393 e. The maximum atomic E-state index is 12.1. The monoisotopic (exact) mass is 300 g/mol. The predicted molar refractivity (Wildman–Crippen MR) is 74.3 cm³/mol. The van der Waals surface area contributed by atoms with Gasteiger partial charge in [0.15, 0.2) is 5.65 Å². The van der Waals surface area contributed by atoms with Crippen LogP contribution in [0.2, 0.25) is 0 Å². The molecule has 0 bridgehead atoms. The van der Waals surface area contributed by atoms with Gasteiger partial charge in [0.1, 0.15) is 11.7 Å². The number of nitrogens with two attached hydrogens (primary N) is 1. The van der Waals surface area contributed by atoms with Crippen LogP contribution in [-0.4, -0.2) is 37.4 Å². The lowest BCUT2D eigenvalue weighted by Crippen LogP contribution is -2.22. The molecule has 1 unspecified atom stereocenters. The number of nitrogens with zero attached hydrogens (tertiary/aromatic N) is 3. The first-order valence-corrected chi connectivity index (χ1v) is 7.49. The number of ether oxygens (including phenoxy) is 1. The molecule has 2 aromatic heterocycles. The summed E-state index contributed by atoms with van der Waals surface area (Å²) in [6.07, 6.45) is -0.419. The number of aliphatic hydroxyl groups excluding tert-OH is 1. The van der Waals surface area contributed by atoms with Crippen molar-refractivity contribution >= 4 is 39.4 Å². The van der Waals surface area contributed by atoms with Crippen LogP contribution in [0.25, 0.3) is 10.3 Å². The lowest BCUT2D eigenvalue weighted by molar-refractivity contribution is -0.00274. The van der Waals surface area contributed by atoms with Gasteiger partial charge in [0.2, 0.25) is 5.95 Å². The summed E-state index contributed by atoms with van der Waals surface area (Å²) in [6.45, 7) is 1.72. The minimum atomic E-state index is -0.419. The number of nitrogen functional groups attached to an aromatic ring is 1. The van der Waals surface area contributed by atoms with Gasteiger partial charge in [-0.25, -0.2) is 4.98 Å². The second-order valence-electron chi connectivity index (χ2n) is 4.09. The smallest absolute Gasteiger partial charge is 0.311 e. The molecule has 102 valence electrons. The van der Waals surface area contributed by atoms with Crippen molar-refractivity contribution in [2.75, 3.05) is 18.1 Å². The van der Waals surface area contributed by atoms with Crippen molar-refractivity contribution in [3.63, 3.8) is 0 Å². The number of hydrogen-bond acceptors (Lipinski definition) is 8. The van der Waals surface area contributed by atoms with Crippen LogP contribution in [-0.2, 0) is 4.74 Å². The zero-order chi connectivity index (χ0) is 13.6. The van der Waals surface area contributed by atoms with Gasteiger partial charge in [0.05, 0.1) is 17.0 Å². The van der Waals surface area contributed by atoms with Crippen molar-refractivity contribution < 1.29 is 9.84 Å². The van der Waals surface area contributed by atoms with Crippen LogP contribution >= 0.6 is 23.1 Å². The molecule has 7 nitrogen and oxygen atoms in total. The Morgan fingerprint density at radius 1 is 1.58 bits per heavy atom. The molecule has 3 N–H and O–H groups in total. The van der Waals surface area contributed by atoms with E-state index in [0.29, 0.717) is 17.1 Å². The Hall–Kier alpha value is -1.16. The lowest BCUT2D eigenvalue weighted by Gasteiger charge is -2.12. The van der Waals surface area contributed by atoms with Crippen LogP contribution in [0, 0.1) is 6.92 Å². The van der Waals surface area contributed by atoms with Gasteiger partial charge in [-0.15, -0.1) is 11.8 Å². The molecule has 0 radical (unpaired) electrons. The fourth-order valence-electron chi connectivity index (χ4n) is 2.00. The van der Waals surface area contributed by atoms with Crippen molar-refractivity contribution in [3.05, 3.63) is 15.4 Å². The molecule has 1 aliphatic heterocycles. The van der Waals surface area contributed by atoms with Crippen molar-refractivity contribution in [2.24, 2.45) is 0 Å². The number of thioether (sulfide) groups is 1. The average molecular weight is 300 g/mol. The highest BCUT2D eigenvalue weighted by atomic mass is 32.2. The van der Waals surface area contributed by atoms with Crippen molar-refractivity contribution in [2.45, 2.75) is 18.6 Å². The maximum Gasteiger partial charge on any atom is 0.311 e. The number of aliphatic hydroxyl groups is 1. The van der Waals surface area contributed by atoms with Gasteiger partial charge in [-0.1, -0.05) is 11.3 Å². The minimum absolute atomic E-state index is 0.0753. The summed E-state index contributed by atoms with van der Waals surface area (Å²) in [5, 5.41) is 9.08. The van der Waals surface area contributed by atoms with Gasteiger partial charge in [-0.05, 0) is 6.92 Å². The Bertz CT molecular complexity index is 683. The molecule has 1 aliphatic rings. The van der Waals surface area contributed by atoms with E-state index in [-0.39, 0.29) is 22.9 Å². The van der Waals surface area contributed by atoms with Crippen molar-refractivity contribution in [1.29, 1.82) is 0 Å². The quantitative estimate of drug-likeness (QED) is 0.823. The number of thiazole rings is 1. The number of anilines is 1. The van der Waals surface area contributed by atoms with Gasteiger partial charge in [-0.2, -0.15) is 4.98 Å². The summed E-state index contributed by atoms with van der Waals surface area (Å²) in [6, 6.07) is 0. The van der Waals surface area contributed by atoms with E-state index in [1.165, 1.54) is 16.3 Å². The second-order valence-corrected chi connectivity index (χ2v) is 6.25. The molecule has 1 fully saturated rings. The molecular formula is C10H12N4O3S2. The fraction of sp³-hybridized carbons (Fsp3) is 0.500. The van der Waals surface area contributed by atoms with Gasteiger partial charge in [0.25, 0.3) is 0 Å². The normalized spacial score (nSPS) is 23.3. The molecule has 9 heteroatoms. The van der Waals surface area contributed by atoms with E-state index in [1.807, 2.05) is 0 Å². The molecule has 2 atom stereocenters. The topological polar surface area (TPSA) is 103 Å². The predicted octanol–water partition coefficient (Wildman–Crippen LogP) is 0.324. The summed E-state index contributed by atoms with van der Waals surface area (Å²) >= 11 is 2.56. The Balaban J connectivity index is 2.13. The molecule has 3 heterocycles. The Morgan fingerprint density at radius 3 is 3.05 bits per heavy atom. The van der Waals surface area contributed by atoms with E-state index in [1.54, 1.807) is 6.92 Å². The number of aromatic nitrogens is 3. The molecule has 2 aromatic rings. The summed E-state index contributed by atoms with van der Waals surface area (Å²) in [5.41, 5.74) is 6.53. The summed E-state index contributed by atoms with van der Waals surface area (Å²) in [7, 11) is 0. The van der Waals surface area contributed by atoms with Crippen LogP contribution in [0.15, 0.2) is 4.79 Å².